The first kappa shape index (κ1) is 15.0. The molecule has 0 saturated carbocycles. The molecular formula is C15H18O4. The molecule has 0 aromatic heterocycles. The van der Waals surface area contributed by atoms with Gasteiger partial charge < -0.3 is 9.47 Å². The third-order valence-corrected chi connectivity index (χ3v) is 2.64. The standard InChI is InChI=1S/C15H18O4/c1-11(5-4-10-19-12(2)16)13-6-8-14(9-7-13)15(17)18-3/h6-9H,1,4-5,10H2,2-3H3. The van der Waals surface area contributed by atoms with E-state index in [9.17, 15) is 9.59 Å². The van der Waals surface area contributed by atoms with Gasteiger partial charge in [0.2, 0.25) is 0 Å². The van der Waals surface area contributed by atoms with E-state index in [1.54, 1.807) is 12.1 Å². The lowest BCUT2D eigenvalue weighted by atomic mass is 10.0. The molecule has 0 aliphatic heterocycles. The highest BCUT2D eigenvalue weighted by Crippen LogP contribution is 2.18. The van der Waals surface area contributed by atoms with E-state index in [0.29, 0.717) is 12.2 Å². The molecule has 0 N–H and O–H groups in total. The minimum absolute atomic E-state index is 0.270. The second kappa shape index (κ2) is 7.36. The Kier molecular flexibility index (Phi) is 5.79. The zero-order valence-corrected chi connectivity index (χ0v) is 11.3. The molecule has 1 aromatic carbocycles. The average Bonchev–Trinajstić information content (AvgIpc) is 2.42. The van der Waals surface area contributed by atoms with Crippen molar-refractivity contribution in [1.82, 2.24) is 0 Å². The Hall–Kier alpha value is -2.10. The number of carbonyl (C=O) groups excluding carboxylic acids is 2. The summed E-state index contributed by atoms with van der Waals surface area (Å²) in [6, 6.07) is 7.08. The van der Waals surface area contributed by atoms with Crippen molar-refractivity contribution in [3.63, 3.8) is 0 Å². The van der Waals surface area contributed by atoms with Crippen LogP contribution in [0.25, 0.3) is 5.57 Å². The van der Waals surface area contributed by atoms with Crippen molar-refractivity contribution in [2.24, 2.45) is 0 Å². The number of carbonyl (C=O) groups is 2. The number of rotatable bonds is 6. The van der Waals surface area contributed by atoms with Gasteiger partial charge >= 0.3 is 11.9 Å². The Morgan fingerprint density at radius 3 is 2.26 bits per heavy atom. The molecule has 0 amide bonds. The second-order valence-electron chi connectivity index (χ2n) is 4.12. The summed E-state index contributed by atoms with van der Waals surface area (Å²) < 4.78 is 9.48. The topological polar surface area (TPSA) is 52.6 Å². The van der Waals surface area contributed by atoms with Crippen LogP contribution in [0.4, 0.5) is 0 Å². The van der Waals surface area contributed by atoms with Crippen molar-refractivity contribution >= 4 is 17.5 Å². The molecule has 0 unspecified atom stereocenters. The summed E-state index contributed by atoms with van der Waals surface area (Å²) in [6.45, 7) is 5.77. The van der Waals surface area contributed by atoms with Crippen LogP contribution in [0.5, 0.6) is 0 Å². The van der Waals surface area contributed by atoms with Gasteiger partial charge in [-0.05, 0) is 36.1 Å². The van der Waals surface area contributed by atoms with Crippen LogP contribution in [0, 0.1) is 0 Å². The Morgan fingerprint density at radius 1 is 1.16 bits per heavy atom. The van der Waals surface area contributed by atoms with Gasteiger partial charge in [0.15, 0.2) is 0 Å². The summed E-state index contributed by atoms with van der Waals surface area (Å²) >= 11 is 0. The van der Waals surface area contributed by atoms with Gasteiger partial charge in [0.05, 0.1) is 19.3 Å². The fourth-order valence-corrected chi connectivity index (χ4v) is 1.61. The lowest BCUT2D eigenvalue weighted by molar-refractivity contribution is -0.141. The number of hydrogen-bond acceptors (Lipinski definition) is 4. The summed E-state index contributed by atoms with van der Waals surface area (Å²) in [5, 5.41) is 0. The molecular weight excluding hydrogens is 244 g/mol. The van der Waals surface area contributed by atoms with Gasteiger partial charge in [-0.15, -0.1) is 0 Å². The average molecular weight is 262 g/mol. The molecule has 0 radical (unpaired) electrons. The Morgan fingerprint density at radius 2 is 1.74 bits per heavy atom. The van der Waals surface area contributed by atoms with E-state index >= 15 is 0 Å². The SMILES string of the molecule is C=C(CCCOC(C)=O)c1ccc(C(=O)OC)cc1. The largest absolute Gasteiger partial charge is 0.466 e. The van der Waals surface area contributed by atoms with Crippen LogP contribution in [-0.4, -0.2) is 25.7 Å². The predicted octanol–water partition coefficient (Wildman–Crippen LogP) is 2.83. The quantitative estimate of drug-likeness (QED) is 0.584. The molecule has 4 nitrogen and oxygen atoms in total. The highest BCUT2D eigenvalue weighted by Gasteiger charge is 2.05. The van der Waals surface area contributed by atoms with Crippen LogP contribution in [-0.2, 0) is 14.3 Å². The zero-order valence-electron chi connectivity index (χ0n) is 11.3. The molecule has 0 spiro atoms. The number of allylic oxidation sites excluding steroid dienone is 1. The maximum absolute atomic E-state index is 11.3. The van der Waals surface area contributed by atoms with E-state index < -0.39 is 0 Å². The van der Waals surface area contributed by atoms with Gasteiger partial charge in [-0.3, -0.25) is 4.79 Å². The molecule has 19 heavy (non-hydrogen) atoms. The van der Waals surface area contributed by atoms with Crippen LogP contribution in [0.3, 0.4) is 0 Å². The van der Waals surface area contributed by atoms with Crippen molar-refractivity contribution in [1.29, 1.82) is 0 Å². The molecule has 1 aromatic rings. The zero-order chi connectivity index (χ0) is 14.3. The van der Waals surface area contributed by atoms with Crippen LogP contribution < -0.4 is 0 Å². The van der Waals surface area contributed by atoms with E-state index in [-0.39, 0.29) is 11.9 Å². The minimum atomic E-state index is -0.355. The van der Waals surface area contributed by atoms with Gasteiger partial charge in [-0.1, -0.05) is 18.7 Å². The first-order valence-corrected chi connectivity index (χ1v) is 6.04. The van der Waals surface area contributed by atoms with E-state index in [4.69, 9.17) is 4.74 Å². The summed E-state index contributed by atoms with van der Waals surface area (Å²) in [4.78, 5) is 21.9. The first-order valence-electron chi connectivity index (χ1n) is 6.04. The third-order valence-electron chi connectivity index (χ3n) is 2.64. The molecule has 0 heterocycles. The molecule has 102 valence electrons. The summed E-state index contributed by atoms with van der Waals surface area (Å²) in [5.74, 6) is -0.625. The third kappa shape index (κ3) is 4.95. The Balaban J connectivity index is 2.49. The Labute approximate surface area is 113 Å². The van der Waals surface area contributed by atoms with Crippen molar-refractivity contribution in [2.75, 3.05) is 13.7 Å². The minimum Gasteiger partial charge on any atom is -0.466 e. The lowest BCUT2D eigenvalue weighted by Gasteiger charge is -2.07. The van der Waals surface area contributed by atoms with Crippen LogP contribution in [0.2, 0.25) is 0 Å². The number of ether oxygens (including phenoxy) is 2. The highest BCUT2D eigenvalue weighted by atomic mass is 16.5. The van der Waals surface area contributed by atoms with Crippen LogP contribution in [0.15, 0.2) is 30.8 Å². The van der Waals surface area contributed by atoms with Gasteiger partial charge in [0.25, 0.3) is 0 Å². The number of hydrogen-bond donors (Lipinski definition) is 0. The molecule has 1 rings (SSSR count). The normalized spacial score (nSPS) is 9.79. The number of methoxy groups -OCH3 is 1. The molecule has 0 atom stereocenters. The molecule has 4 heteroatoms. The predicted molar refractivity (Wildman–Crippen MR) is 72.7 cm³/mol. The first-order chi connectivity index (χ1) is 9.04. The van der Waals surface area contributed by atoms with Gasteiger partial charge in [-0.2, -0.15) is 0 Å². The fourth-order valence-electron chi connectivity index (χ4n) is 1.61. The van der Waals surface area contributed by atoms with Crippen LogP contribution >= 0.6 is 0 Å². The van der Waals surface area contributed by atoms with E-state index in [1.807, 2.05) is 12.1 Å². The molecule has 0 fully saturated rings. The molecule has 0 bridgehead atoms. The Bertz CT molecular complexity index is 460. The maximum atomic E-state index is 11.3. The van der Waals surface area contributed by atoms with Gasteiger partial charge in [0, 0.05) is 6.92 Å². The summed E-state index contributed by atoms with van der Waals surface area (Å²) in [5.41, 5.74) is 2.43. The van der Waals surface area contributed by atoms with Gasteiger partial charge in [0.1, 0.15) is 0 Å². The maximum Gasteiger partial charge on any atom is 0.337 e. The van der Waals surface area contributed by atoms with E-state index in [0.717, 1.165) is 24.0 Å². The van der Waals surface area contributed by atoms with Crippen molar-refractivity contribution in [2.45, 2.75) is 19.8 Å². The van der Waals surface area contributed by atoms with Crippen molar-refractivity contribution in [3.8, 4) is 0 Å². The smallest absolute Gasteiger partial charge is 0.337 e. The fraction of sp³-hybridized carbons (Fsp3) is 0.333. The number of benzene rings is 1. The molecule has 0 aliphatic carbocycles. The molecule has 0 saturated heterocycles. The van der Waals surface area contributed by atoms with Gasteiger partial charge in [-0.25, -0.2) is 4.79 Å². The second-order valence-corrected chi connectivity index (χ2v) is 4.12. The summed E-state index contributed by atoms with van der Waals surface area (Å²) in [6.07, 6.45) is 1.47. The lowest BCUT2D eigenvalue weighted by Crippen LogP contribution is -2.01. The van der Waals surface area contributed by atoms with Crippen molar-refractivity contribution < 1.29 is 19.1 Å². The summed E-state index contributed by atoms with van der Waals surface area (Å²) in [7, 11) is 1.35. The van der Waals surface area contributed by atoms with Crippen molar-refractivity contribution in [3.05, 3.63) is 42.0 Å². The van der Waals surface area contributed by atoms with Crippen LogP contribution in [0.1, 0.15) is 35.7 Å². The van der Waals surface area contributed by atoms with E-state index in [2.05, 4.69) is 11.3 Å². The highest BCUT2D eigenvalue weighted by molar-refractivity contribution is 5.89. The molecule has 0 aliphatic rings. The van der Waals surface area contributed by atoms with E-state index in [1.165, 1.54) is 14.0 Å². The monoisotopic (exact) mass is 262 g/mol. The number of esters is 2.